The number of hydrogen-bond acceptors (Lipinski definition) is 3. The van der Waals surface area contributed by atoms with Crippen molar-refractivity contribution >= 4 is 17.2 Å². The highest BCUT2D eigenvalue weighted by Gasteiger charge is 2.20. The van der Waals surface area contributed by atoms with Gasteiger partial charge in [0.1, 0.15) is 0 Å². The molecule has 4 nitrogen and oxygen atoms in total. The van der Waals surface area contributed by atoms with Crippen molar-refractivity contribution in [2.24, 2.45) is 0 Å². The molecule has 16 heavy (non-hydrogen) atoms. The predicted octanol–water partition coefficient (Wildman–Crippen LogP) is 2.20. The van der Waals surface area contributed by atoms with Gasteiger partial charge in [0.25, 0.3) is 0 Å². The van der Waals surface area contributed by atoms with Gasteiger partial charge in [-0.15, -0.1) is 10.2 Å². The lowest BCUT2D eigenvalue weighted by Crippen LogP contribution is -2.28. The van der Waals surface area contributed by atoms with E-state index in [1.54, 1.807) is 0 Å². The van der Waals surface area contributed by atoms with Crippen LogP contribution in [0.25, 0.3) is 5.65 Å². The van der Waals surface area contributed by atoms with Crippen LogP contribution in [0.2, 0.25) is 5.02 Å². The van der Waals surface area contributed by atoms with Crippen LogP contribution in [0.5, 0.6) is 0 Å². The van der Waals surface area contributed by atoms with E-state index in [0.29, 0.717) is 11.1 Å². The average molecular weight is 237 g/mol. The summed E-state index contributed by atoms with van der Waals surface area (Å²) in [6, 6.07) is 4.07. The average Bonchev–Trinajstić information content (AvgIpc) is 2.75. The van der Waals surface area contributed by atoms with Crippen molar-refractivity contribution < 1.29 is 0 Å². The normalized spacial score (nSPS) is 21.4. The van der Waals surface area contributed by atoms with Crippen LogP contribution in [0.3, 0.4) is 0 Å². The molecule has 0 aromatic carbocycles. The number of hydrogen-bond donors (Lipinski definition) is 1. The highest BCUT2D eigenvalue weighted by molar-refractivity contribution is 6.33. The second-order valence-electron chi connectivity index (χ2n) is 4.11. The van der Waals surface area contributed by atoms with Gasteiger partial charge in [-0.2, -0.15) is 0 Å². The lowest BCUT2D eigenvalue weighted by atomic mass is 10.0. The maximum absolute atomic E-state index is 6.07. The summed E-state index contributed by atoms with van der Waals surface area (Å²) < 4.78 is 1.98. The Hall–Kier alpha value is -1.13. The van der Waals surface area contributed by atoms with Gasteiger partial charge in [-0.3, -0.25) is 4.40 Å². The molecule has 1 atom stereocenters. The maximum atomic E-state index is 6.07. The number of piperidine rings is 1. The molecule has 0 spiro atoms. The van der Waals surface area contributed by atoms with E-state index in [1.807, 2.05) is 22.7 Å². The van der Waals surface area contributed by atoms with Crippen molar-refractivity contribution in [2.45, 2.75) is 25.3 Å². The van der Waals surface area contributed by atoms with Gasteiger partial charge in [0.2, 0.25) is 0 Å². The van der Waals surface area contributed by atoms with Crippen molar-refractivity contribution in [1.29, 1.82) is 0 Å². The third-order valence-corrected chi connectivity index (χ3v) is 3.33. The second kappa shape index (κ2) is 4.03. The minimum absolute atomic E-state index is 0.308. The fraction of sp³-hybridized carbons (Fsp3) is 0.455. The minimum Gasteiger partial charge on any atom is -0.307 e. The molecule has 1 N–H and O–H groups in total. The van der Waals surface area contributed by atoms with Gasteiger partial charge >= 0.3 is 0 Å². The number of rotatable bonds is 1. The highest BCUT2D eigenvalue weighted by atomic mass is 35.5. The smallest absolute Gasteiger partial charge is 0.179 e. The molecule has 0 aliphatic carbocycles. The third-order valence-electron chi connectivity index (χ3n) is 3.04. The molecular formula is C11H13ClN4. The molecule has 1 aliphatic rings. The van der Waals surface area contributed by atoms with Crippen LogP contribution >= 0.6 is 11.6 Å². The number of pyridine rings is 1. The molecule has 3 heterocycles. The van der Waals surface area contributed by atoms with E-state index in [0.717, 1.165) is 24.4 Å². The molecule has 1 saturated heterocycles. The van der Waals surface area contributed by atoms with E-state index in [1.165, 1.54) is 12.8 Å². The van der Waals surface area contributed by atoms with E-state index in [2.05, 4.69) is 15.5 Å². The van der Waals surface area contributed by atoms with Crippen LogP contribution in [-0.4, -0.2) is 21.1 Å². The molecule has 1 aliphatic heterocycles. The summed E-state index contributed by atoms with van der Waals surface area (Å²) in [6.45, 7) is 1.06. The Labute approximate surface area is 98.6 Å². The molecule has 3 rings (SSSR count). The largest absolute Gasteiger partial charge is 0.307 e. The molecule has 0 bridgehead atoms. The lowest BCUT2D eigenvalue weighted by Gasteiger charge is -2.21. The molecule has 0 radical (unpaired) electrons. The SMILES string of the molecule is Clc1cccn2c(C3CCCCN3)nnc12. The first-order chi connectivity index (χ1) is 7.86. The number of halogens is 1. The maximum Gasteiger partial charge on any atom is 0.179 e. The van der Waals surface area contributed by atoms with Crippen molar-refractivity contribution in [3.05, 3.63) is 29.2 Å². The number of fused-ring (bicyclic) bond motifs is 1. The second-order valence-corrected chi connectivity index (χ2v) is 4.52. The summed E-state index contributed by atoms with van der Waals surface area (Å²) in [5.74, 6) is 0.970. The van der Waals surface area contributed by atoms with E-state index < -0.39 is 0 Å². The van der Waals surface area contributed by atoms with Gasteiger partial charge in [-0.1, -0.05) is 18.0 Å². The quantitative estimate of drug-likeness (QED) is 0.826. The van der Waals surface area contributed by atoms with Gasteiger partial charge < -0.3 is 5.32 Å². The topological polar surface area (TPSA) is 42.2 Å². The molecule has 5 heteroatoms. The Bertz CT molecular complexity index is 502. The molecular weight excluding hydrogens is 224 g/mol. The molecule has 0 saturated carbocycles. The van der Waals surface area contributed by atoms with Crippen molar-refractivity contribution in [2.75, 3.05) is 6.54 Å². The van der Waals surface area contributed by atoms with E-state index >= 15 is 0 Å². The molecule has 2 aromatic rings. The van der Waals surface area contributed by atoms with Gasteiger partial charge in [-0.05, 0) is 31.5 Å². The first kappa shape index (κ1) is 10.1. The zero-order valence-corrected chi connectivity index (χ0v) is 9.61. The fourth-order valence-electron chi connectivity index (χ4n) is 2.21. The van der Waals surface area contributed by atoms with Crippen molar-refractivity contribution in [3.8, 4) is 0 Å². The molecule has 1 unspecified atom stereocenters. The summed E-state index contributed by atoms with van der Waals surface area (Å²) in [4.78, 5) is 0. The zero-order valence-electron chi connectivity index (χ0n) is 8.86. The zero-order chi connectivity index (χ0) is 11.0. The Morgan fingerprint density at radius 2 is 2.31 bits per heavy atom. The Morgan fingerprint density at radius 3 is 3.12 bits per heavy atom. The standard InChI is InChI=1S/C11H13ClN4/c12-8-4-3-7-16-10(8)14-15-11(16)9-5-1-2-6-13-9/h3-4,7,9,13H,1-2,5-6H2. The van der Waals surface area contributed by atoms with E-state index in [-0.39, 0.29) is 0 Å². The number of nitrogens with zero attached hydrogens (tertiary/aromatic N) is 3. The van der Waals surface area contributed by atoms with Crippen molar-refractivity contribution in [3.63, 3.8) is 0 Å². The molecule has 0 amide bonds. The summed E-state index contributed by atoms with van der Waals surface area (Å²) in [5.41, 5.74) is 0.742. The molecule has 1 fully saturated rings. The highest BCUT2D eigenvalue weighted by Crippen LogP contribution is 2.24. The van der Waals surface area contributed by atoms with Gasteiger partial charge in [-0.25, -0.2) is 0 Å². The Morgan fingerprint density at radius 1 is 1.38 bits per heavy atom. The minimum atomic E-state index is 0.308. The monoisotopic (exact) mass is 236 g/mol. The predicted molar refractivity (Wildman–Crippen MR) is 62.6 cm³/mol. The fourth-order valence-corrected chi connectivity index (χ4v) is 2.41. The van der Waals surface area contributed by atoms with Gasteiger partial charge in [0.15, 0.2) is 11.5 Å². The van der Waals surface area contributed by atoms with E-state index in [4.69, 9.17) is 11.6 Å². The van der Waals surface area contributed by atoms with Crippen LogP contribution in [0.15, 0.2) is 18.3 Å². The first-order valence-electron chi connectivity index (χ1n) is 5.59. The molecule has 2 aromatic heterocycles. The lowest BCUT2D eigenvalue weighted by molar-refractivity contribution is 0.395. The van der Waals surface area contributed by atoms with E-state index in [9.17, 15) is 0 Å². The van der Waals surface area contributed by atoms with Crippen LogP contribution in [0, 0.1) is 0 Å². The number of aromatic nitrogens is 3. The van der Waals surface area contributed by atoms with Crippen molar-refractivity contribution in [1.82, 2.24) is 19.9 Å². The van der Waals surface area contributed by atoms with Crippen LogP contribution < -0.4 is 5.32 Å². The van der Waals surface area contributed by atoms with Gasteiger partial charge in [0.05, 0.1) is 11.1 Å². The first-order valence-corrected chi connectivity index (χ1v) is 5.96. The summed E-state index contributed by atoms with van der Waals surface area (Å²) >= 11 is 6.07. The summed E-state index contributed by atoms with van der Waals surface area (Å²) in [5, 5.41) is 12.5. The van der Waals surface area contributed by atoms with Crippen LogP contribution in [0.1, 0.15) is 31.1 Å². The van der Waals surface area contributed by atoms with Crippen LogP contribution in [-0.2, 0) is 0 Å². The Balaban J connectivity index is 2.06. The number of nitrogens with one attached hydrogen (secondary N) is 1. The van der Waals surface area contributed by atoms with Crippen LogP contribution in [0.4, 0.5) is 0 Å². The summed E-state index contributed by atoms with van der Waals surface area (Å²) in [6.07, 6.45) is 5.57. The Kier molecular flexibility index (Phi) is 2.53. The van der Waals surface area contributed by atoms with Gasteiger partial charge in [0, 0.05) is 6.20 Å². The molecule has 84 valence electrons. The third kappa shape index (κ3) is 1.58. The summed E-state index contributed by atoms with van der Waals surface area (Å²) in [7, 11) is 0.